The number of hydrogen-bond acceptors (Lipinski definition) is 4. The highest BCUT2D eigenvalue weighted by atomic mass is 16.5. The molecule has 102 valence electrons. The Morgan fingerprint density at radius 2 is 2.10 bits per heavy atom. The summed E-state index contributed by atoms with van der Waals surface area (Å²) in [5.41, 5.74) is 0.154. The Morgan fingerprint density at radius 3 is 2.90 bits per heavy atom. The molecule has 0 bridgehead atoms. The molecule has 20 heavy (non-hydrogen) atoms. The molecule has 5 heteroatoms. The number of fused-ring (bicyclic) bond motifs is 1. The van der Waals surface area contributed by atoms with E-state index < -0.39 is 11.2 Å². The van der Waals surface area contributed by atoms with E-state index in [0.29, 0.717) is 17.1 Å². The van der Waals surface area contributed by atoms with E-state index in [-0.39, 0.29) is 5.75 Å². The highest BCUT2D eigenvalue weighted by Crippen LogP contribution is 2.34. The van der Waals surface area contributed by atoms with Gasteiger partial charge in [0.05, 0.1) is 5.70 Å². The topological polar surface area (TPSA) is 64.4 Å². The van der Waals surface area contributed by atoms with Gasteiger partial charge in [0.1, 0.15) is 17.0 Å². The van der Waals surface area contributed by atoms with Crippen LogP contribution in [0.4, 0.5) is 0 Å². The number of pyridine rings is 2. The maximum Gasteiger partial charge on any atom is 0.297 e. The van der Waals surface area contributed by atoms with Crippen LogP contribution in [-0.4, -0.2) is 20.3 Å². The van der Waals surface area contributed by atoms with Crippen molar-refractivity contribution in [3.8, 4) is 11.5 Å². The third kappa shape index (κ3) is 1.97. The van der Waals surface area contributed by atoms with Crippen molar-refractivity contribution in [1.82, 2.24) is 9.55 Å². The molecule has 0 radical (unpaired) electrons. The molecule has 2 aromatic heterocycles. The second-order valence-corrected chi connectivity index (χ2v) is 5.15. The predicted molar refractivity (Wildman–Crippen MR) is 74.7 cm³/mol. The molecule has 3 heterocycles. The molecule has 0 aliphatic carbocycles. The monoisotopic (exact) mass is 270 g/mol. The lowest BCUT2D eigenvalue weighted by Gasteiger charge is -2.30. The van der Waals surface area contributed by atoms with Crippen LogP contribution in [0.5, 0.6) is 11.5 Å². The van der Waals surface area contributed by atoms with E-state index in [2.05, 4.69) is 4.98 Å². The van der Waals surface area contributed by atoms with E-state index in [1.54, 1.807) is 24.5 Å². The Bertz CT molecular complexity index is 760. The highest BCUT2D eigenvalue weighted by Gasteiger charge is 2.28. The lowest BCUT2D eigenvalue weighted by molar-refractivity contribution is 0.156. The molecule has 0 aromatic carbocycles. The summed E-state index contributed by atoms with van der Waals surface area (Å²) in [5.74, 6) is 0.320. The summed E-state index contributed by atoms with van der Waals surface area (Å²) < 4.78 is 7.20. The van der Waals surface area contributed by atoms with Crippen LogP contribution in [0.25, 0.3) is 5.70 Å². The molecule has 2 aromatic rings. The Morgan fingerprint density at radius 1 is 1.30 bits per heavy atom. The van der Waals surface area contributed by atoms with Crippen LogP contribution in [0, 0.1) is 0 Å². The minimum Gasteiger partial charge on any atom is -0.503 e. The minimum atomic E-state index is -0.559. The Labute approximate surface area is 115 Å². The fraction of sp³-hybridized carbons (Fsp3) is 0.200. The van der Waals surface area contributed by atoms with Crippen LogP contribution in [0.15, 0.2) is 47.5 Å². The predicted octanol–water partition coefficient (Wildman–Crippen LogP) is 2.01. The van der Waals surface area contributed by atoms with Gasteiger partial charge in [-0.25, -0.2) is 0 Å². The van der Waals surface area contributed by atoms with E-state index in [4.69, 9.17) is 4.74 Å². The van der Waals surface area contributed by atoms with E-state index >= 15 is 0 Å². The second kappa shape index (κ2) is 4.23. The Kier molecular flexibility index (Phi) is 2.64. The number of ether oxygens (including phenoxy) is 1. The molecule has 1 N–H and O–H groups in total. The average molecular weight is 270 g/mol. The van der Waals surface area contributed by atoms with E-state index in [9.17, 15) is 9.90 Å². The molecule has 5 nitrogen and oxygen atoms in total. The van der Waals surface area contributed by atoms with Crippen molar-refractivity contribution in [2.24, 2.45) is 0 Å². The first-order valence-corrected chi connectivity index (χ1v) is 6.26. The van der Waals surface area contributed by atoms with Gasteiger partial charge >= 0.3 is 0 Å². The van der Waals surface area contributed by atoms with Gasteiger partial charge in [-0.1, -0.05) is 0 Å². The van der Waals surface area contributed by atoms with Crippen molar-refractivity contribution >= 4 is 5.70 Å². The van der Waals surface area contributed by atoms with Crippen LogP contribution in [-0.2, 0) is 0 Å². The van der Waals surface area contributed by atoms with Gasteiger partial charge in [0.15, 0.2) is 5.75 Å². The van der Waals surface area contributed by atoms with Gasteiger partial charge in [-0.15, -0.1) is 0 Å². The summed E-state index contributed by atoms with van der Waals surface area (Å²) in [7, 11) is 0. The molecule has 0 atom stereocenters. The molecule has 1 aliphatic rings. The molecule has 0 saturated heterocycles. The average Bonchev–Trinajstić information content (AvgIpc) is 2.40. The summed E-state index contributed by atoms with van der Waals surface area (Å²) >= 11 is 0. The van der Waals surface area contributed by atoms with Crippen molar-refractivity contribution in [2.45, 2.75) is 19.4 Å². The molecule has 0 spiro atoms. The quantitative estimate of drug-likeness (QED) is 0.861. The first-order valence-electron chi connectivity index (χ1n) is 6.26. The maximum absolute atomic E-state index is 12.1. The standard InChI is InChI=1S/C15H14N2O3/c1-15(2)9-10(13-12(20-15)6-3-7-16-13)17-8-4-5-11(18)14(17)19/h3-9,18H,1-2H3. The normalized spacial score (nSPS) is 16.0. The van der Waals surface area contributed by atoms with Gasteiger partial charge in [-0.2, -0.15) is 0 Å². The van der Waals surface area contributed by atoms with Crippen molar-refractivity contribution in [1.29, 1.82) is 0 Å². The number of aromatic nitrogens is 2. The first-order chi connectivity index (χ1) is 9.48. The lowest BCUT2D eigenvalue weighted by atomic mass is 10.0. The fourth-order valence-electron chi connectivity index (χ4n) is 2.23. The van der Waals surface area contributed by atoms with E-state index in [1.807, 2.05) is 26.0 Å². The smallest absolute Gasteiger partial charge is 0.297 e. The molecule has 0 fully saturated rings. The summed E-state index contributed by atoms with van der Waals surface area (Å²) in [5, 5.41) is 9.60. The van der Waals surface area contributed by atoms with E-state index in [0.717, 1.165) is 0 Å². The fourth-order valence-corrected chi connectivity index (χ4v) is 2.23. The molecule has 0 unspecified atom stereocenters. The number of hydrogen-bond donors (Lipinski definition) is 1. The van der Waals surface area contributed by atoms with Gasteiger partial charge in [0.2, 0.25) is 0 Å². The van der Waals surface area contributed by atoms with Crippen molar-refractivity contribution < 1.29 is 9.84 Å². The lowest BCUT2D eigenvalue weighted by Crippen LogP contribution is -2.32. The zero-order valence-electron chi connectivity index (χ0n) is 11.2. The third-order valence-electron chi connectivity index (χ3n) is 3.06. The second-order valence-electron chi connectivity index (χ2n) is 5.15. The Balaban J connectivity index is 2.28. The van der Waals surface area contributed by atoms with E-state index in [1.165, 1.54) is 10.6 Å². The molecule has 3 rings (SSSR count). The summed E-state index contributed by atoms with van der Waals surface area (Å²) in [6.45, 7) is 3.80. The minimum absolute atomic E-state index is 0.296. The molecule has 0 saturated carbocycles. The van der Waals surface area contributed by atoms with Crippen molar-refractivity contribution in [3.05, 3.63) is 58.8 Å². The maximum atomic E-state index is 12.1. The van der Waals surface area contributed by atoms with Crippen molar-refractivity contribution in [2.75, 3.05) is 0 Å². The zero-order valence-corrected chi connectivity index (χ0v) is 11.2. The Hall–Kier alpha value is -2.56. The van der Waals surface area contributed by atoms with Crippen molar-refractivity contribution in [3.63, 3.8) is 0 Å². The van der Waals surface area contributed by atoms with Gasteiger partial charge in [0, 0.05) is 12.4 Å². The molecular weight excluding hydrogens is 256 g/mol. The number of rotatable bonds is 1. The highest BCUT2D eigenvalue weighted by molar-refractivity contribution is 5.70. The SMILES string of the molecule is CC1(C)C=C(n2cccc(O)c2=O)c2ncccc2O1. The summed E-state index contributed by atoms with van der Waals surface area (Å²) in [6.07, 6.45) is 5.07. The van der Waals surface area contributed by atoms with Gasteiger partial charge in [-0.3, -0.25) is 14.3 Å². The van der Waals surface area contributed by atoms with Crippen LogP contribution in [0.1, 0.15) is 19.5 Å². The first kappa shape index (κ1) is 12.5. The van der Waals surface area contributed by atoms with Gasteiger partial charge in [-0.05, 0) is 44.2 Å². The molecular formula is C15H14N2O3. The van der Waals surface area contributed by atoms with Gasteiger partial charge < -0.3 is 9.84 Å². The summed E-state index contributed by atoms with van der Waals surface area (Å²) in [4.78, 5) is 16.4. The third-order valence-corrected chi connectivity index (χ3v) is 3.06. The van der Waals surface area contributed by atoms with Crippen LogP contribution >= 0.6 is 0 Å². The van der Waals surface area contributed by atoms with Crippen LogP contribution in [0.3, 0.4) is 0 Å². The van der Waals surface area contributed by atoms with Crippen LogP contribution in [0.2, 0.25) is 0 Å². The molecule has 1 aliphatic heterocycles. The zero-order chi connectivity index (χ0) is 14.3. The number of nitrogens with zero attached hydrogens (tertiary/aromatic N) is 2. The summed E-state index contributed by atoms with van der Waals surface area (Å²) in [6, 6.07) is 6.57. The molecule has 0 amide bonds. The number of aromatic hydroxyl groups is 1. The largest absolute Gasteiger partial charge is 0.503 e. The van der Waals surface area contributed by atoms with Crippen LogP contribution < -0.4 is 10.3 Å². The van der Waals surface area contributed by atoms with Gasteiger partial charge in [0.25, 0.3) is 5.56 Å².